The second-order valence-corrected chi connectivity index (χ2v) is 5.00. The molecule has 8 heteroatoms. The highest BCUT2D eigenvalue weighted by atomic mass is 35.5. The minimum atomic E-state index is -0.406. The summed E-state index contributed by atoms with van der Waals surface area (Å²) in [5, 5.41) is 0.836. The molecule has 0 aliphatic heterocycles. The van der Waals surface area contributed by atoms with Gasteiger partial charge in [0.25, 0.3) is 5.91 Å². The molecule has 3 rings (SSSR count). The molecule has 2 N–H and O–H groups in total. The summed E-state index contributed by atoms with van der Waals surface area (Å²) in [5.74, 6) is 0.118. The molecule has 3 aromatic heterocycles. The van der Waals surface area contributed by atoms with E-state index < -0.39 is 5.91 Å². The molecule has 0 aromatic carbocycles. The third-order valence-corrected chi connectivity index (χ3v) is 3.16. The van der Waals surface area contributed by atoms with Crippen molar-refractivity contribution in [1.82, 2.24) is 19.8 Å². The van der Waals surface area contributed by atoms with E-state index >= 15 is 0 Å². The highest BCUT2D eigenvalue weighted by Crippen LogP contribution is 2.21. The van der Waals surface area contributed by atoms with Crippen molar-refractivity contribution in [2.24, 2.45) is 0 Å². The van der Waals surface area contributed by atoms with E-state index in [0.717, 1.165) is 0 Å². The Morgan fingerprint density at radius 3 is 2.86 bits per heavy atom. The van der Waals surface area contributed by atoms with Crippen LogP contribution in [0.1, 0.15) is 10.5 Å². The predicted octanol–water partition coefficient (Wildman–Crippen LogP) is 2.79. The number of amides is 1. The molecular formula is C13H9Cl2N5O. The van der Waals surface area contributed by atoms with Gasteiger partial charge in [0.05, 0.1) is 10.0 Å². The monoisotopic (exact) mass is 321 g/mol. The van der Waals surface area contributed by atoms with E-state index in [-0.39, 0.29) is 5.69 Å². The zero-order valence-electron chi connectivity index (χ0n) is 10.5. The topological polar surface area (TPSA) is 71.3 Å². The van der Waals surface area contributed by atoms with Crippen molar-refractivity contribution in [2.45, 2.75) is 0 Å². The van der Waals surface area contributed by atoms with E-state index in [1.807, 2.05) is 0 Å². The van der Waals surface area contributed by atoms with Crippen LogP contribution in [0.15, 0.2) is 42.9 Å². The molecule has 3 aromatic rings. The molecule has 0 saturated carbocycles. The van der Waals surface area contributed by atoms with Gasteiger partial charge in [-0.1, -0.05) is 29.3 Å². The first-order valence-corrected chi connectivity index (χ1v) is 6.70. The molecule has 0 atom stereocenters. The lowest BCUT2D eigenvalue weighted by atomic mass is 10.4. The lowest BCUT2D eigenvalue weighted by molar-refractivity contribution is 0.0958. The fraction of sp³-hybridized carbons (Fsp3) is 0. The Morgan fingerprint density at radius 2 is 2.10 bits per heavy atom. The van der Waals surface area contributed by atoms with Crippen LogP contribution in [-0.2, 0) is 0 Å². The number of nitrogens with zero attached hydrogens (tertiary/aromatic N) is 3. The van der Waals surface area contributed by atoms with Gasteiger partial charge in [-0.2, -0.15) is 0 Å². The van der Waals surface area contributed by atoms with Gasteiger partial charge in [0.2, 0.25) is 0 Å². The lowest BCUT2D eigenvalue weighted by Crippen LogP contribution is -2.29. The van der Waals surface area contributed by atoms with Crippen LogP contribution in [0.2, 0.25) is 10.0 Å². The molecular weight excluding hydrogens is 313 g/mol. The number of carbonyl (C=O) groups excluding carboxylic acids is 1. The second kappa shape index (κ2) is 5.59. The predicted molar refractivity (Wildman–Crippen MR) is 80.5 cm³/mol. The SMILES string of the molecule is O=C(NNc1ccccn1)c1cn2cc(Cl)cc(Cl)c2n1. The number of imidazole rings is 1. The van der Waals surface area contributed by atoms with Crippen molar-refractivity contribution in [3.63, 3.8) is 0 Å². The average molecular weight is 322 g/mol. The lowest BCUT2D eigenvalue weighted by Gasteiger charge is -2.04. The standard InChI is InChI=1S/C13H9Cl2N5O/c14-8-5-9(15)12-17-10(7-20(12)6-8)13(21)19-18-11-3-1-2-4-16-11/h1-7H,(H,16,18)(H,19,21). The quantitative estimate of drug-likeness (QED) is 0.728. The maximum absolute atomic E-state index is 12.0. The number of aromatic nitrogens is 3. The Hall–Kier alpha value is -2.31. The number of halogens is 2. The molecule has 0 saturated heterocycles. The van der Waals surface area contributed by atoms with Gasteiger partial charge in [-0.15, -0.1) is 0 Å². The van der Waals surface area contributed by atoms with Gasteiger partial charge >= 0.3 is 0 Å². The molecule has 0 unspecified atom stereocenters. The molecule has 1 amide bonds. The number of hydrogen-bond donors (Lipinski definition) is 2. The maximum Gasteiger partial charge on any atom is 0.289 e. The fourth-order valence-corrected chi connectivity index (χ4v) is 2.28. The summed E-state index contributed by atoms with van der Waals surface area (Å²) in [6, 6.07) is 6.87. The number of rotatable bonds is 3. The normalized spacial score (nSPS) is 10.6. The number of carbonyl (C=O) groups is 1. The Morgan fingerprint density at radius 1 is 1.24 bits per heavy atom. The molecule has 0 bridgehead atoms. The van der Waals surface area contributed by atoms with Crippen molar-refractivity contribution in [3.8, 4) is 0 Å². The minimum Gasteiger partial charge on any atom is -0.304 e. The van der Waals surface area contributed by atoms with E-state index in [9.17, 15) is 4.79 Å². The first kappa shape index (κ1) is 13.7. The largest absolute Gasteiger partial charge is 0.304 e. The van der Waals surface area contributed by atoms with Crippen LogP contribution in [0.5, 0.6) is 0 Å². The number of nitrogens with one attached hydrogen (secondary N) is 2. The van der Waals surface area contributed by atoms with Gasteiger partial charge in [-0.25, -0.2) is 9.97 Å². The molecule has 106 valence electrons. The van der Waals surface area contributed by atoms with Gasteiger partial charge in [0.15, 0.2) is 5.65 Å². The van der Waals surface area contributed by atoms with E-state index in [1.165, 1.54) is 0 Å². The fourth-order valence-electron chi connectivity index (χ4n) is 1.76. The van der Waals surface area contributed by atoms with Crippen molar-refractivity contribution in [3.05, 3.63) is 58.6 Å². The van der Waals surface area contributed by atoms with Crippen LogP contribution in [-0.4, -0.2) is 20.3 Å². The van der Waals surface area contributed by atoms with Crippen LogP contribution in [0.4, 0.5) is 5.82 Å². The smallest absolute Gasteiger partial charge is 0.289 e. The van der Waals surface area contributed by atoms with Crippen molar-refractivity contribution < 1.29 is 4.79 Å². The van der Waals surface area contributed by atoms with Gasteiger partial charge < -0.3 is 4.40 Å². The van der Waals surface area contributed by atoms with Crippen LogP contribution in [0.3, 0.4) is 0 Å². The summed E-state index contributed by atoms with van der Waals surface area (Å²) in [6.07, 6.45) is 4.78. The van der Waals surface area contributed by atoms with Crippen LogP contribution < -0.4 is 10.9 Å². The third-order valence-electron chi connectivity index (χ3n) is 2.67. The minimum absolute atomic E-state index is 0.211. The van der Waals surface area contributed by atoms with E-state index in [2.05, 4.69) is 20.8 Å². The molecule has 3 heterocycles. The van der Waals surface area contributed by atoms with E-state index in [1.54, 1.807) is 47.3 Å². The van der Waals surface area contributed by atoms with Gasteiger partial charge in [0.1, 0.15) is 11.5 Å². The maximum atomic E-state index is 12.0. The highest BCUT2D eigenvalue weighted by Gasteiger charge is 2.13. The highest BCUT2D eigenvalue weighted by molar-refractivity contribution is 6.36. The zero-order chi connectivity index (χ0) is 14.8. The van der Waals surface area contributed by atoms with E-state index in [0.29, 0.717) is 21.5 Å². The Kier molecular flexibility index (Phi) is 3.64. The number of fused-ring (bicyclic) bond motifs is 1. The van der Waals surface area contributed by atoms with Gasteiger partial charge in [-0.3, -0.25) is 15.6 Å². The summed E-state index contributed by atoms with van der Waals surface area (Å²) in [6.45, 7) is 0. The molecule has 21 heavy (non-hydrogen) atoms. The first-order chi connectivity index (χ1) is 10.1. The summed E-state index contributed by atoms with van der Waals surface area (Å²) < 4.78 is 1.60. The second-order valence-electron chi connectivity index (χ2n) is 4.16. The number of hydrogen-bond acceptors (Lipinski definition) is 4. The van der Waals surface area contributed by atoms with Gasteiger partial charge in [-0.05, 0) is 18.2 Å². The molecule has 0 spiro atoms. The Balaban J connectivity index is 1.80. The summed E-state index contributed by atoms with van der Waals surface area (Å²) in [7, 11) is 0. The van der Waals surface area contributed by atoms with Crippen molar-refractivity contribution >= 4 is 40.6 Å². The van der Waals surface area contributed by atoms with Crippen LogP contribution in [0, 0.1) is 0 Å². The molecule has 0 radical (unpaired) electrons. The summed E-state index contributed by atoms with van der Waals surface area (Å²) in [5.41, 5.74) is 5.87. The molecule has 6 nitrogen and oxygen atoms in total. The van der Waals surface area contributed by atoms with Gasteiger partial charge in [0, 0.05) is 18.6 Å². The average Bonchev–Trinajstić information content (AvgIpc) is 2.90. The first-order valence-electron chi connectivity index (χ1n) is 5.94. The molecule has 0 aliphatic rings. The Labute approximate surface area is 129 Å². The van der Waals surface area contributed by atoms with Crippen molar-refractivity contribution in [1.29, 1.82) is 0 Å². The molecule has 0 aliphatic carbocycles. The van der Waals surface area contributed by atoms with Crippen molar-refractivity contribution in [2.75, 3.05) is 5.43 Å². The number of hydrazine groups is 1. The number of pyridine rings is 2. The molecule has 0 fully saturated rings. The van der Waals surface area contributed by atoms with Crippen LogP contribution >= 0.6 is 23.2 Å². The zero-order valence-corrected chi connectivity index (χ0v) is 12.1. The van der Waals surface area contributed by atoms with Crippen LogP contribution in [0.25, 0.3) is 5.65 Å². The summed E-state index contributed by atoms with van der Waals surface area (Å²) in [4.78, 5) is 20.2. The number of anilines is 1. The third kappa shape index (κ3) is 2.91. The Bertz CT molecular complexity index is 803. The van der Waals surface area contributed by atoms with E-state index in [4.69, 9.17) is 23.2 Å². The summed E-state index contributed by atoms with van der Waals surface area (Å²) >= 11 is 11.9.